The monoisotopic (exact) mass is 612 g/mol. The van der Waals surface area contributed by atoms with E-state index in [-0.39, 0.29) is 40.9 Å². The summed E-state index contributed by atoms with van der Waals surface area (Å²) in [6.45, 7) is 3.77. The van der Waals surface area contributed by atoms with E-state index in [1.807, 2.05) is 30.3 Å². The Kier molecular flexibility index (Phi) is 6.88. The summed E-state index contributed by atoms with van der Waals surface area (Å²) in [5.74, 6) is 0.848. The first-order chi connectivity index (χ1) is 22.0. The van der Waals surface area contributed by atoms with Gasteiger partial charge in [-0.3, -0.25) is 9.48 Å². The molecule has 3 aromatic heterocycles. The van der Waals surface area contributed by atoms with Gasteiger partial charge in [0, 0.05) is 17.7 Å². The van der Waals surface area contributed by atoms with Crippen molar-refractivity contribution in [2.75, 3.05) is 43.5 Å². The number of fused-ring (bicyclic) bond motifs is 6. The van der Waals surface area contributed by atoms with Crippen molar-refractivity contribution in [1.29, 1.82) is 0 Å². The third-order valence-electron chi connectivity index (χ3n) is 9.52. The molecule has 0 amide bonds. The molecule has 0 spiro atoms. The third-order valence-corrected chi connectivity index (χ3v) is 9.52. The lowest BCUT2D eigenvalue weighted by atomic mass is 9.71. The van der Waals surface area contributed by atoms with E-state index in [9.17, 15) is 9.90 Å². The number of piperidine rings is 3. The molecule has 0 aliphatic carbocycles. The molecule has 3 N–H and O–H groups in total. The van der Waals surface area contributed by atoms with E-state index in [1.165, 1.54) is 10.7 Å². The van der Waals surface area contributed by atoms with Gasteiger partial charge in [0.1, 0.15) is 18.1 Å². The molecule has 45 heavy (non-hydrogen) atoms. The molecule has 7 heterocycles. The van der Waals surface area contributed by atoms with E-state index in [1.54, 1.807) is 23.0 Å². The summed E-state index contributed by atoms with van der Waals surface area (Å²) in [6, 6.07) is 14.1. The minimum absolute atomic E-state index is 0.0815. The van der Waals surface area contributed by atoms with Gasteiger partial charge in [-0.15, -0.1) is 0 Å². The van der Waals surface area contributed by atoms with Crippen LogP contribution in [0.25, 0.3) is 22.4 Å². The molecular weight excluding hydrogens is 579 g/mol. The average molecular weight is 613 g/mol. The zero-order valence-electron chi connectivity index (χ0n) is 24.6. The second-order valence-electron chi connectivity index (χ2n) is 12.0. The summed E-state index contributed by atoms with van der Waals surface area (Å²) in [6.07, 6.45) is 4.61. The zero-order chi connectivity index (χ0) is 30.5. The number of hydrogen-bond donors (Lipinski definition) is 3. The van der Waals surface area contributed by atoms with Crippen molar-refractivity contribution in [2.45, 2.75) is 44.0 Å². The summed E-state index contributed by atoms with van der Waals surface area (Å²) in [5.41, 5.74) is 2.06. The van der Waals surface area contributed by atoms with Crippen molar-refractivity contribution in [1.82, 2.24) is 29.4 Å². The first-order valence-electron chi connectivity index (χ1n) is 15.3. The number of nitrogens with one attached hydrogen (secondary N) is 2. The Morgan fingerprint density at radius 1 is 1.02 bits per heavy atom. The molecule has 0 radical (unpaired) electrons. The van der Waals surface area contributed by atoms with Crippen LogP contribution in [0, 0.1) is 5.82 Å². The normalized spacial score (nSPS) is 21.5. The number of hydrogen-bond acceptors (Lipinski definition) is 10. The molecule has 4 aliphatic heterocycles. The van der Waals surface area contributed by atoms with Gasteiger partial charge in [-0.25, -0.2) is 14.1 Å². The molecule has 9 rings (SSSR count). The van der Waals surface area contributed by atoms with E-state index in [4.69, 9.17) is 14.2 Å². The first-order valence-corrected chi connectivity index (χ1v) is 15.3. The second-order valence-corrected chi connectivity index (χ2v) is 12.0. The zero-order valence-corrected chi connectivity index (χ0v) is 24.6. The van der Waals surface area contributed by atoms with Gasteiger partial charge in [0.25, 0.3) is 11.4 Å². The number of halogens is 1. The number of aromatic nitrogens is 5. The van der Waals surface area contributed by atoms with E-state index in [0.29, 0.717) is 36.1 Å². The summed E-state index contributed by atoms with van der Waals surface area (Å²) < 4.78 is 30.2. The molecular formula is C32H33FN8O4. The average Bonchev–Trinajstić information content (AvgIpc) is 3.71. The van der Waals surface area contributed by atoms with Crippen LogP contribution in [0.15, 0.2) is 64.0 Å². The summed E-state index contributed by atoms with van der Waals surface area (Å²) >= 11 is 0. The summed E-state index contributed by atoms with van der Waals surface area (Å²) in [5, 5.41) is 21.6. The van der Waals surface area contributed by atoms with Crippen LogP contribution >= 0.6 is 0 Å². The van der Waals surface area contributed by atoms with Crippen molar-refractivity contribution >= 4 is 28.1 Å². The van der Waals surface area contributed by atoms with Crippen molar-refractivity contribution in [3.8, 4) is 11.5 Å². The van der Waals surface area contributed by atoms with Gasteiger partial charge in [0.15, 0.2) is 11.6 Å². The van der Waals surface area contributed by atoms with Gasteiger partial charge in [0.05, 0.1) is 48.1 Å². The Morgan fingerprint density at radius 2 is 1.82 bits per heavy atom. The minimum Gasteiger partial charge on any atom is -0.394 e. The topological polar surface area (TPSA) is 136 Å². The maximum atomic E-state index is 16.0. The quantitative estimate of drug-likeness (QED) is 0.236. The molecule has 3 fully saturated rings. The summed E-state index contributed by atoms with van der Waals surface area (Å²) in [4.78, 5) is 24.8. The van der Waals surface area contributed by atoms with Crippen molar-refractivity contribution in [3.05, 3.63) is 82.3 Å². The summed E-state index contributed by atoms with van der Waals surface area (Å²) in [7, 11) is 0. The molecule has 0 unspecified atom stereocenters. The van der Waals surface area contributed by atoms with E-state index in [0.717, 1.165) is 50.3 Å². The minimum atomic E-state index is -0.553. The lowest BCUT2D eigenvalue weighted by Crippen LogP contribution is -2.51. The lowest BCUT2D eigenvalue weighted by Gasteiger charge is -2.46. The number of nitrogens with zero attached hydrogens (tertiary/aromatic N) is 6. The number of pyridine rings is 1. The number of ether oxygens (including phenoxy) is 1. The number of rotatable bonds is 8. The number of aliphatic hydroxyl groups is 1. The maximum absolute atomic E-state index is 16.0. The van der Waals surface area contributed by atoms with Gasteiger partial charge in [-0.05, 0) is 56.6 Å². The highest BCUT2D eigenvalue weighted by molar-refractivity contribution is 5.85. The Labute approximate surface area is 257 Å². The number of benzene rings is 2. The van der Waals surface area contributed by atoms with E-state index < -0.39 is 11.9 Å². The highest BCUT2D eigenvalue weighted by Crippen LogP contribution is 2.42. The molecule has 4 aliphatic rings. The standard InChI is InChI=1S/C32H33FN8O4/c33-27-23(7-6-21-28(27)40-14-15-44-19-41(40)30(21)43)36-26-16-24(35-25(18-42)20-4-2-1-3-5-20)22(17-34-26)29-37-31(38-45-29)32-8-11-39(12-9-32)13-10-32/h1-7,16-17,25,42H,8-15,18-19H2,(H2,34,35,36)/t25-/m1/s1. The van der Waals surface area contributed by atoms with Gasteiger partial charge in [0.2, 0.25) is 0 Å². The molecule has 0 saturated carbocycles. The highest BCUT2D eigenvalue weighted by Gasteiger charge is 2.44. The third kappa shape index (κ3) is 4.78. The van der Waals surface area contributed by atoms with Crippen molar-refractivity contribution in [3.63, 3.8) is 0 Å². The molecule has 232 valence electrons. The lowest BCUT2D eigenvalue weighted by molar-refractivity contribution is 0.0154. The van der Waals surface area contributed by atoms with Crippen LogP contribution in [-0.4, -0.2) is 67.3 Å². The Morgan fingerprint density at radius 3 is 2.60 bits per heavy atom. The predicted molar refractivity (Wildman–Crippen MR) is 165 cm³/mol. The van der Waals surface area contributed by atoms with Crippen LogP contribution in [-0.2, 0) is 23.4 Å². The van der Waals surface area contributed by atoms with E-state index in [2.05, 4.69) is 25.7 Å². The molecule has 5 aromatic rings. The van der Waals surface area contributed by atoms with Gasteiger partial charge in [-0.1, -0.05) is 35.5 Å². The molecule has 1 atom stereocenters. The Bertz CT molecular complexity index is 1920. The van der Waals surface area contributed by atoms with Crippen LogP contribution in [0.5, 0.6) is 0 Å². The molecule has 2 bridgehead atoms. The smallest absolute Gasteiger partial charge is 0.276 e. The number of anilines is 3. The molecule has 12 nitrogen and oxygen atoms in total. The van der Waals surface area contributed by atoms with Gasteiger partial charge < -0.3 is 29.9 Å². The van der Waals surface area contributed by atoms with Crippen LogP contribution in [0.1, 0.15) is 36.7 Å². The van der Waals surface area contributed by atoms with Crippen LogP contribution in [0.3, 0.4) is 0 Å². The van der Waals surface area contributed by atoms with Crippen LogP contribution in [0.4, 0.5) is 21.6 Å². The molecule has 2 aromatic carbocycles. The first kappa shape index (κ1) is 27.9. The maximum Gasteiger partial charge on any atom is 0.276 e. The Balaban J connectivity index is 1.17. The van der Waals surface area contributed by atoms with Gasteiger partial charge in [-0.2, -0.15) is 4.98 Å². The fourth-order valence-electron chi connectivity index (χ4n) is 6.89. The van der Waals surface area contributed by atoms with Crippen LogP contribution in [0.2, 0.25) is 0 Å². The number of aliphatic hydroxyl groups excluding tert-OH is 1. The predicted octanol–water partition coefficient (Wildman–Crippen LogP) is 4.00. The molecule has 13 heteroatoms. The Hall–Kier alpha value is -4.59. The largest absolute Gasteiger partial charge is 0.394 e. The van der Waals surface area contributed by atoms with Crippen LogP contribution < -0.4 is 16.2 Å². The SMILES string of the molecule is O=c1c2ccc(Nc3cc(N[C@H](CO)c4ccccc4)c(-c4nc(C56CCN(CC5)CC6)no4)cn3)c(F)c2n2n1COCC2. The van der Waals surface area contributed by atoms with E-state index >= 15 is 4.39 Å². The highest BCUT2D eigenvalue weighted by atomic mass is 19.1. The fraction of sp³-hybridized carbons (Fsp3) is 0.375. The van der Waals surface area contributed by atoms with Crippen molar-refractivity contribution in [2.24, 2.45) is 0 Å². The van der Waals surface area contributed by atoms with Crippen molar-refractivity contribution < 1.29 is 18.8 Å². The second kappa shape index (κ2) is 11.1. The molecule has 3 saturated heterocycles. The fourth-order valence-corrected chi connectivity index (χ4v) is 6.89. The van der Waals surface area contributed by atoms with Gasteiger partial charge >= 0.3 is 0 Å².